The molecule has 0 fully saturated rings. The van der Waals surface area contributed by atoms with Crippen LogP contribution in [-0.2, 0) is 0 Å². The van der Waals surface area contributed by atoms with Crippen molar-refractivity contribution in [3.05, 3.63) is 58.1 Å². The van der Waals surface area contributed by atoms with Gasteiger partial charge in [0.15, 0.2) is 0 Å². The zero-order chi connectivity index (χ0) is 15.4. The minimum atomic E-state index is -0.146. The maximum Gasteiger partial charge on any atom is 0.251 e. The molecule has 0 radical (unpaired) electrons. The van der Waals surface area contributed by atoms with Crippen molar-refractivity contribution in [2.75, 3.05) is 0 Å². The Labute approximate surface area is 133 Å². The molecule has 0 unspecified atom stereocenters. The van der Waals surface area contributed by atoms with Gasteiger partial charge in [0.2, 0.25) is 0 Å². The molecule has 0 heterocycles. The lowest BCUT2D eigenvalue weighted by Gasteiger charge is -2.11. The molecule has 0 saturated carbocycles. The van der Waals surface area contributed by atoms with Crippen LogP contribution in [0, 0.1) is 0 Å². The summed E-state index contributed by atoms with van der Waals surface area (Å²) in [5.41, 5.74) is 0.527. The highest BCUT2D eigenvalue weighted by molar-refractivity contribution is 6.34. The van der Waals surface area contributed by atoms with Gasteiger partial charge in [0.1, 0.15) is 11.5 Å². The zero-order valence-electron chi connectivity index (χ0n) is 11.7. The van der Waals surface area contributed by atoms with Crippen LogP contribution in [-0.4, -0.2) is 11.9 Å². The molecule has 0 aliphatic rings. The molecule has 110 valence electrons. The topological polar surface area (TPSA) is 38.3 Å². The molecule has 1 amide bonds. The molecule has 0 aliphatic carbocycles. The van der Waals surface area contributed by atoms with E-state index in [4.69, 9.17) is 27.9 Å². The predicted molar refractivity (Wildman–Crippen MR) is 85.6 cm³/mol. The first-order chi connectivity index (χ1) is 9.95. The smallest absolute Gasteiger partial charge is 0.251 e. The monoisotopic (exact) mass is 323 g/mol. The molecule has 0 atom stereocenters. The van der Waals surface area contributed by atoms with E-state index < -0.39 is 0 Å². The van der Waals surface area contributed by atoms with Crippen molar-refractivity contribution in [3.8, 4) is 11.5 Å². The van der Waals surface area contributed by atoms with Crippen LogP contribution in [0.1, 0.15) is 24.2 Å². The van der Waals surface area contributed by atoms with Crippen molar-refractivity contribution in [1.29, 1.82) is 0 Å². The van der Waals surface area contributed by atoms with E-state index in [0.717, 1.165) is 0 Å². The Hall–Kier alpha value is -1.71. The third-order valence-electron chi connectivity index (χ3n) is 2.64. The minimum Gasteiger partial charge on any atom is -0.456 e. The van der Waals surface area contributed by atoms with E-state index in [9.17, 15) is 4.79 Å². The number of hydrogen-bond donors (Lipinski definition) is 1. The van der Waals surface area contributed by atoms with Gasteiger partial charge in [0.05, 0.1) is 5.02 Å². The normalized spacial score (nSPS) is 10.5. The zero-order valence-corrected chi connectivity index (χ0v) is 13.2. The quantitative estimate of drug-likeness (QED) is 0.866. The van der Waals surface area contributed by atoms with E-state index in [-0.39, 0.29) is 11.9 Å². The van der Waals surface area contributed by atoms with Crippen LogP contribution in [0.25, 0.3) is 0 Å². The molecule has 0 aromatic heterocycles. The lowest BCUT2D eigenvalue weighted by molar-refractivity contribution is 0.0943. The second-order valence-corrected chi connectivity index (χ2v) is 5.68. The number of hydrogen-bond acceptors (Lipinski definition) is 2. The van der Waals surface area contributed by atoms with Gasteiger partial charge in [0.25, 0.3) is 5.91 Å². The van der Waals surface area contributed by atoms with Crippen LogP contribution in [0.2, 0.25) is 10.0 Å². The van der Waals surface area contributed by atoms with Gasteiger partial charge < -0.3 is 10.1 Å². The van der Waals surface area contributed by atoms with Gasteiger partial charge in [-0.3, -0.25) is 4.79 Å². The second kappa shape index (κ2) is 6.83. The molecule has 0 saturated heterocycles. The average molecular weight is 324 g/mol. The van der Waals surface area contributed by atoms with Gasteiger partial charge in [-0.25, -0.2) is 0 Å². The van der Waals surface area contributed by atoms with Crippen LogP contribution < -0.4 is 10.1 Å². The van der Waals surface area contributed by atoms with Gasteiger partial charge in [-0.2, -0.15) is 0 Å². The number of benzene rings is 2. The van der Waals surface area contributed by atoms with E-state index in [0.29, 0.717) is 27.1 Å². The molecule has 0 spiro atoms. The fourth-order valence-electron chi connectivity index (χ4n) is 1.73. The summed E-state index contributed by atoms with van der Waals surface area (Å²) < 4.78 is 5.69. The summed E-state index contributed by atoms with van der Waals surface area (Å²) in [4.78, 5) is 12.0. The first kappa shape index (κ1) is 15.7. The van der Waals surface area contributed by atoms with Gasteiger partial charge in [0, 0.05) is 22.7 Å². The summed E-state index contributed by atoms with van der Waals surface area (Å²) in [6, 6.07) is 11.9. The highest BCUT2D eigenvalue weighted by Gasteiger charge is 2.09. The molecule has 2 aromatic carbocycles. The Bertz CT molecular complexity index is 656. The largest absolute Gasteiger partial charge is 0.456 e. The average Bonchev–Trinajstić information content (AvgIpc) is 2.42. The van der Waals surface area contributed by atoms with E-state index in [1.807, 2.05) is 13.8 Å². The van der Waals surface area contributed by atoms with Crippen LogP contribution in [0.3, 0.4) is 0 Å². The first-order valence-corrected chi connectivity index (χ1v) is 7.25. The SMILES string of the molecule is CC(C)NC(=O)c1cccc(Oc2cc(Cl)ccc2Cl)c1. The van der Waals surface area contributed by atoms with E-state index in [1.165, 1.54) is 0 Å². The van der Waals surface area contributed by atoms with Crippen molar-refractivity contribution >= 4 is 29.1 Å². The third kappa shape index (κ3) is 4.38. The molecular formula is C16H15Cl2NO2. The Kier molecular flexibility index (Phi) is 5.10. The Morgan fingerprint density at radius 3 is 2.62 bits per heavy atom. The fourth-order valence-corrected chi connectivity index (χ4v) is 2.05. The number of carbonyl (C=O) groups excluding carboxylic acids is 1. The van der Waals surface area contributed by atoms with Gasteiger partial charge in [-0.05, 0) is 44.2 Å². The number of amides is 1. The van der Waals surface area contributed by atoms with Gasteiger partial charge >= 0.3 is 0 Å². The number of halogens is 2. The maximum atomic E-state index is 12.0. The van der Waals surface area contributed by atoms with Gasteiger partial charge in [-0.1, -0.05) is 29.3 Å². The Morgan fingerprint density at radius 2 is 1.90 bits per heavy atom. The summed E-state index contributed by atoms with van der Waals surface area (Å²) in [6.45, 7) is 3.81. The second-order valence-electron chi connectivity index (χ2n) is 4.83. The van der Waals surface area contributed by atoms with Crippen LogP contribution in [0.4, 0.5) is 0 Å². The Morgan fingerprint density at radius 1 is 1.14 bits per heavy atom. The first-order valence-electron chi connectivity index (χ1n) is 6.49. The Balaban J connectivity index is 2.21. The molecule has 2 aromatic rings. The minimum absolute atomic E-state index is 0.0736. The lowest BCUT2D eigenvalue weighted by atomic mass is 10.2. The number of nitrogens with one attached hydrogen (secondary N) is 1. The molecule has 0 bridgehead atoms. The maximum absolute atomic E-state index is 12.0. The predicted octanol–water partition coefficient (Wildman–Crippen LogP) is 4.92. The summed E-state index contributed by atoms with van der Waals surface area (Å²) in [5, 5.41) is 3.81. The molecule has 3 nitrogen and oxygen atoms in total. The standard InChI is InChI=1S/C16H15Cl2NO2/c1-10(2)19-16(20)11-4-3-5-13(8-11)21-15-9-12(17)6-7-14(15)18/h3-10H,1-2H3,(H,19,20). The van der Waals surface area contributed by atoms with E-state index in [2.05, 4.69) is 5.32 Å². The molecule has 21 heavy (non-hydrogen) atoms. The molecule has 5 heteroatoms. The summed E-state index contributed by atoms with van der Waals surface area (Å²) in [5.74, 6) is 0.828. The number of rotatable bonds is 4. The van der Waals surface area contributed by atoms with Crippen LogP contribution >= 0.6 is 23.2 Å². The summed E-state index contributed by atoms with van der Waals surface area (Å²) in [6.07, 6.45) is 0. The van der Waals surface area contributed by atoms with Crippen molar-refractivity contribution in [2.45, 2.75) is 19.9 Å². The van der Waals surface area contributed by atoms with E-state index >= 15 is 0 Å². The molecule has 1 N–H and O–H groups in total. The molecule has 2 rings (SSSR count). The molecule has 0 aliphatic heterocycles. The molecular weight excluding hydrogens is 309 g/mol. The van der Waals surface area contributed by atoms with Crippen molar-refractivity contribution < 1.29 is 9.53 Å². The number of ether oxygens (including phenoxy) is 1. The van der Waals surface area contributed by atoms with Crippen molar-refractivity contribution in [3.63, 3.8) is 0 Å². The van der Waals surface area contributed by atoms with E-state index in [1.54, 1.807) is 42.5 Å². The van der Waals surface area contributed by atoms with Crippen LogP contribution in [0.5, 0.6) is 11.5 Å². The van der Waals surface area contributed by atoms with Crippen molar-refractivity contribution in [1.82, 2.24) is 5.32 Å². The summed E-state index contributed by atoms with van der Waals surface area (Å²) >= 11 is 12.0. The third-order valence-corrected chi connectivity index (χ3v) is 3.18. The van der Waals surface area contributed by atoms with Crippen molar-refractivity contribution in [2.24, 2.45) is 0 Å². The lowest BCUT2D eigenvalue weighted by Crippen LogP contribution is -2.29. The van der Waals surface area contributed by atoms with Crippen LogP contribution in [0.15, 0.2) is 42.5 Å². The highest BCUT2D eigenvalue weighted by Crippen LogP contribution is 2.32. The highest BCUT2D eigenvalue weighted by atomic mass is 35.5. The fraction of sp³-hybridized carbons (Fsp3) is 0.188. The summed E-state index contributed by atoms with van der Waals surface area (Å²) in [7, 11) is 0. The number of carbonyl (C=O) groups is 1. The van der Waals surface area contributed by atoms with Gasteiger partial charge in [-0.15, -0.1) is 0 Å².